The minimum atomic E-state index is 0.211. The fourth-order valence-electron chi connectivity index (χ4n) is 3.47. The van der Waals surface area contributed by atoms with Gasteiger partial charge in [-0.2, -0.15) is 0 Å². The molecule has 3 rings (SSSR count). The van der Waals surface area contributed by atoms with Crippen LogP contribution in [0.3, 0.4) is 0 Å². The van der Waals surface area contributed by atoms with Crippen LogP contribution in [0.1, 0.15) is 40.8 Å². The third-order valence-corrected chi connectivity index (χ3v) is 4.36. The molecule has 122 valence electrons. The van der Waals surface area contributed by atoms with Crippen LogP contribution in [-0.2, 0) is 6.42 Å². The number of hydrogen-bond acceptors (Lipinski definition) is 3. The molecule has 2 aromatic rings. The molecule has 1 aliphatic rings. The molecule has 0 spiro atoms. The third-order valence-electron chi connectivity index (χ3n) is 4.36. The van der Waals surface area contributed by atoms with Crippen LogP contribution >= 0.6 is 0 Å². The first-order chi connectivity index (χ1) is 11.1. The zero-order valence-corrected chi connectivity index (χ0v) is 14.4. The zero-order chi connectivity index (χ0) is 16.4. The van der Waals surface area contributed by atoms with Crippen LogP contribution in [0, 0.1) is 13.8 Å². The van der Waals surface area contributed by atoms with Crippen molar-refractivity contribution >= 4 is 0 Å². The highest BCUT2D eigenvalue weighted by Crippen LogP contribution is 2.37. The van der Waals surface area contributed by atoms with Gasteiger partial charge in [0.15, 0.2) is 11.5 Å². The van der Waals surface area contributed by atoms with Crippen LogP contribution in [0.4, 0.5) is 0 Å². The van der Waals surface area contributed by atoms with Crippen LogP contribution in [0.25, 0.3) is 0 Å². The van der Waals surface area contributed by atoms with Gasteiger partial charge in [-0.05, 0) is 56.0 Å². The molecular weight excluding hydrogens is 286 g/mol. The van der Waals surface area contributed by atoms with Crippen molar-refractivity contribution in [2.75, 3.05) is 20.3 Å². The van der Waals surface area contributed by atoms with Crippen LogP contribution in [-0.4, -0.2) is 20.3 Å². The number of fused-ring (bicyclic) bond motifs is 1. The molecule has 1 N–H and O–H groups in total. The molecule has 0 saturated carbocycles. The van der Waals surface area contributed by atoms with Gasteiger partial charge >= 0.3 is 0 Å². The first kappa shape index (κ1) is 15.9. The predicted octanol–water partition coefficient (Wildman–Crippen LogP) is 3.95. The van der Waals surface area contributed by atoms with E-state index in [4.69, 9.17) is 9.47 Å². The smallest absolute Gasteiger partial charge is 0.161 e. The number of ether oxygens (including phenoxy) is 2. The van der Waals surface area contributed by atoms with Gasteiger partial charge in [-0.1, -0.05) is 29.3 Å². The molecule has 1 unspecified atom stereocenters. The van der Waals surface area contributed by atoms with Gasteiger partial charge in [-0.15, -0.1) is 0 Å². The molecule has 0 fully saturated rings. The van der Waals surface area contributed by atoms with E-state index in [1.54, 1.807) is 7.11 Å². The molecule has 0 aromatic heterocycles. The van der Waals surface area contributed by atoms with Gasteiger partial charge in [-0.25, -0.2) is 0 Å². The van der Waals surface area contributed by atoms with Gasteiger partial charge in [0.25, 0.3) is 0 Å². The quantitative estimate of drug-likeness (QED) is 0.927. The van der Waals surface area contributed by atoms with Crippen molar-refractivity contribution < 1.29 is 9.47 Å². The highest BCUT2D eigenvalue weighted by molar-refractivity contribution is 5.52. The predicted molar refractivity (Wildman–Crippen MR) is 93.6 cm³/mol. The Morgan fingerprint density at radius 1 is 1.04 bits per heavy atom. The molecule has 0 saturated heterocycles. The van der Waals surface area contributed by atoms with E-state index in [1.807, 2.05) is 6.92 Å². The molecule has 23 heavy (non-hydrogen) atoms. The summed E-state index contributed by atoms with van der Waals surface area (Å²) < 4.78 is 11.3. The molecule has 0 radical (unpaired) electrons. The summed E-state index contributed by atoms with van der Waals surface area (Å²) in [5, 5.41) is 3.66. The Hall–Kier alpha value is -2.00. The maximum Gasteiger partial charge on any atom is 0.161 e. The minimum absolute atomic E-state index is 0.211. The van der Waals surface area contributed by atoms with Crippen LogP contribution < -0.4 is 14.8 Å². The lowest BCUT2D eigenvalue weighted by molar-refractivity contribution is 0.309. The lowest BCUT2D eigenvalue weighted by atomic mass is 9.88. The Bertz CT molecular complexity index is 689. The fourth-order valence-corrected chi connectivity index (χ4v) is 3.47. The molecular formula is C20H25NO2. The summed E-state index contributed by atoms with van der Waals surface area (Å²) >= 11 is 0. The van der Waals surface area contributed by atoms with Crippen LogP contribution in [0.5, 0.6) is 11.5 Å². The summed E-state index contributed by atoms with van der Waals surface area (Å²) in [4.78, 5) is 0. The molecule has 1 aliphatic heterocycles. The first-order valence-corrected chi connectivity index (χ1v) is 8.27. The maximum absolute atomic E-state index is 5.77. The van der Waals surface area contributed by atoms with Crippen LogP contribution in [0.2, 0.25) is 0 Å². The average Bonchev–Trinajstić information content (AvgIpc) is 2.53. The van der Waals surface area contributed by atoms with Gasteiger partial charge < -0.3 is 14.8 Å². The second-order valence-corrected chi connectivity index (χ2v) is 6.19. The van der Waals surface area contributed by atoms with E-state index in [-0.39, 0.29) is 6.04 Å². The van der Waals surface area contributed by atoms with Gasteiger partial charge in [0.05, 0.1) is 19.8 Å². The van der Waals surface area contributed by atoms with Crippen molar-refractivity contribution in [3.05, 3.63) is 58.1 Å². The number of aryl methyl sites for hydroxylation is 2. The number of hydrogen-bond donors (Lipinski definition) is 1. The Kier molecular flexibility index (Phi) is 4.58. The van der Waals surface area contributed by atoms with E-state index in [2.05, 4.69) is 49.5 Å². The summed E-state index contributed by atoms with van der Waals surface area (Å²) in [6.07, 6.45) is 1.01. The lowest BCUT2D eigenvalue weighted by Crippen LogP contribution is -2.30. The van der Waals surface area contributed by atoms with Crippen molar-refractivity contribution in [1.29, 1.82) is 0 Å². The summed E-state index contributed by atoms with van der Waals surface area (Å²) in [6, 6.07) is 11.2. The van der Waals surface area contributed by atoms with Crippen molar-refractivity contribution in [2.45, 2.75) is 33.2 Å². The van der Waals surface area contributed by atoms with E-state index in [0.29, 0.717) is 6.61 Å². The zero-order valence-electron chi connectivity index (χ0n) is 14.4. The summed E-state index contributed by atoms with van der Waals surface area (Å²) in [6.45, 7) is 7.91. The number of methoxy groups -OCH3 is 1. The molecule has 0 bridgehead atoms. The fraction of sp³-hybridized carbons (Fsp3) is 0.400. The van der Waals surface area contributed by atoms with E-state index < -0.39 is 0 Å². The Morgan fingerprint density at radius 2 is 1.78 bits per heavy atom. The maximum atomic E-state index is 5.77. The Balaban J connectivity index is 2.08. The van der Waals surface area contributed by atoms with Gasteiger partial charge in [-0.3, -0.25) is 0 Å². The van der Waals surface area contributed by atoms with Gasteiger partial charge in [0.1, 0.15) is 0 Å². The summed E-state index contributed by atoms with van der Waals surface area (Å²) in [5.41, 5.74) is 6.55. The normalized spacial score (nSPS) is 16.8. The molecule has 0 amide bonds. The second-order valence-electron chi connectivity index (χ2n) is 6.19. The van der Waals surface area contributed by atoms with Gasteiger partial charge in [0, 0.05) is 6.54 Å². The first-order valence-electron chi connectivity index (χ1n) is 8.27. The summed E-state index contributed by atoms with van der Waals surface area (Å²) in [5.74, 6) is 1.65. The van der Waals surface area contributed by atoms with E-state index >= 15 is 0 Å². The van der Waals surface area contributed by atoms with E-state index in [0.717, 1.165) is 24.5 Å². The number of benzene rings is 2. The molecule has 1 atom stereocenters. The number of rotatable bonds is 4. The molecule has 3 heteroatoms. The molecule has 3 nitrogen and oxygen atoms in total. The largest absolute Gasteiger partial charge is 0.493 e. The van der Waals surface area contributed by atoms with E-state index in [1.165, 1.54) is 27.8 Å². The second kappa shape index (κ2) is 6.63. The summed E-state index contributed by atoms with van der Waals surface area (Å²) in [7, 11) is 1.70. The monoisotopic (exact) mass is 311 g/mol. The average molecular weight is 311 g/mol. The Labute approximate surface area is 138 Å². The highest BCUT2D eigenvalue weighted by atomic mass is 16.5. The van der Waals surface area contributed by atoms with Crippen molar-refractivity contribution in [3.8, 4) is 11.5 Å². The standard InChI is InChI=1S/C20H25NO2/c1-5-23-19-12-17-15(11-18(19)22-4)6-7-21-20(17)16-9-13(2)8-14(3)10-16/h8-12,20-21H,5-7H2,1-4H3. The van der Waals surface area contributed by atoms with Crippen LogP contribution in [0.15, 0.2) is 30.3 Å². The van der Waals surface area contributed by atoms with Gasteiger partial charge in [0.2, 0.25) is 0 Å². The van der Waals surface area contributed by atoms with Crippen molar-refractivity contribution in [1.82, 2.24) is 5.32 Å². The number of nitrogens with one attached hydrogen (secondary N) is 1. The Morgan fingerprint density at radius 3 is 2.43 bits per heavy atom. The minimum Gasteiger partial charge on any atom is -0.493 e. The van der Waals surface area contributed by atoms with E-state index in [9.17, 15) is 0 Å². The molecule has 1 heterocycles. The van der Waals surface area contributed by atoms with Crippen molar-refractivity contribution in [2.24, 2.45) is 0 Å². The highest BCUT2D eigenvalue weighted by Gasteiger charge is 2.24. The topological polar surface area (TPSA) is 30.5 Å². The van der Waals surface area contributed by atoms with Crippen molar-refractivity contribution in [3.63, 3.8) is 0 Å². The third kappa shape index (κ3) is 3.20. The lowest BCUT2D eigenvalue weighted by Gasteiger charge is -2.29. The SMILES string of the molecule is CCOc1cc2c(cc1OC)CCNC2c1cc(C)cc(C)c1. The molecule has 0 aliphatic carbocycles. The molecule has 2 aromatic carbocycles.